The molecule has 1 saturated heterocycles. The SMILES string of the molecule is CCNC(=O)CCNCCCn1c(-c2ccc(N3CCOCC3)cc2)cs/c1=N\c1ccc(F)cc1. The summed E-state index contributed by atoms with van der Waals surface area (Å²) in [5, 5.41) is 8.31. The molecule has 1 amide bonds. The number of nitrogens with one attached hydrogen (secondary N) is 2. The van der Waals surface area contributed by atoms with Crippen LogP contribution in [0.15, 0.2) is 58.9 Å². The highest BCUT2D eigenvalue weighted by Crippen LogP contribution is 2.25. The van der Waals surface area contributed by atoms with Crippen molar-refractivity contribution < 1.29 is 13.9 Å². The highest BCUT2D eigenvalue weighted by atomic mass is 32.1. The van der Waals surface area contributed by atoms with Crippen LogP contribution in [0.1, 0.15) is 19.8 Å². The molecule has 1 fully saturated rings. The number of thiazole rings is 1. The van der Waals surface area contributed by atoms with Gasteiger partial charge in [0.2, 0.25) is 5.91 Å². The van der Waals surface area contributed by atoms with Crippen molar-refractivity contribution in [3.63, 3.8) is 0 Å². The standard InChI is InChI=1S/C27H34FN5O2S/c1-2-30-26(34)12-14-29-13-3-15-33-25(20-36-27(33)31-23-8-6-22(28)7-9-23)21-4-10-24(11-5-21)32-16-18-35-19-17-32/h4-11,20,29H,2-3,12-19H2,1H3,(H,30,34)/b31-27-. The van der Waals surface area contributed by atoms with E-state index >= 15 is 0 Å². The highest BCUT2D eigenvalue weighted by molar-refractivity contribution is 7.07. The fourth-order valence-electron chi connectivity index (χ4n) is 4.13. The van der Waals surface area contributed by atoms with Crippen LogP contribution in [0.3, 0.4) is 0 Å². The third kappa shape index (κ3) is 7.25. The van der Waals surface area contributed by atoms with Gasteiger partial charge in [-0.1, -0.05) is 12.1 Å². The summed E-state index contributed by atoms with van der Waals surface area (Å²) < 4.78 is 21.1. The Hall–Kier alpha value is -3.01. The van der Waals surface area contributed by atoms with Crippen molar-refractivity contribution in [2.75, 3.05) is 50.8 Å². The molecule has 0 spiro atoms. The second kappa shape index (κ2) is 13.3. The molecule has 36 heavy (non-hydrogen) atoms. The van der Waals surface area contributed by atoms with E-state index in [2.05, 4.69) is 49.7 Å². The first-order valence-electron chi connectivity index (χ1n) is 12.5. The monoisotopic (exact) mass is 511 g/mol. The van der Waals surface area contributed by atoms with Gasteiger partial charge in [0.1, 0.15) is 5.82 Å². The van der Waals surface area contributed by atoms with E-state index in [0.717, 1.165) is 67.6 Å². The zero-order valence-electron chi connectivity index (χ0n) is 20.7. The van der Waals surface area contributed by atoms with Crippen LogP contribution < -0.4 is 20.3 Å². The van der Waals surface area contributed by atoms with Gasteiger partial charge in [0.05, 0.1) is 24.6 Å². The van der Waals surface area contributed by atoms with Gasteiger partial charge in [-0.25, -0.2) is 9.38 Å². The molecule has 9 heteroatoms. The van der Waals surface area contributed by atoms with Gasteiger partial charge in [-0.05, 0) is 61.9 Å². The van der Waals surface area contributed by atoms with Crippen molar-refractivity contribution in [3.8, 4) is 11.3 Å². The number of rotatable bonds is 11. The molecule has 1 aliphatic heterocycles. The summed E-state index contributed by atoms with van der Waals surface area (Å²) in [5.41, 5.74) is 4.17. The smallest absolute Gasteiger partial charge is 0.221 e. The van der Waals surface area contributed by atoms with Crippen LogP contribution >= 0.6 is 11.3 Å². The summed E-state index contributed by atoms with van der Waals surface area (Å²) in [6.07, 6.45) is 1.37. The zero-order valence-corrected chi connectivity index (χ0v) is 21.5. The minimum absolute atomic E-state index is 0.0698. The normalized spacial score (nSPS) is 14.3. The molecular weight excluding hydrogens is 477 g/mol. The van der Waals surface area contributed by atoms with Crippen LogP contribution in [0.4, 0.5) is 15.8 Å². The molecule has 0 saturated carbocycles. The fourth-order valence-corrected chi connectivity index (χ4v) is 5.09. The number of hydrogen-bond acceptors (Lipinski definition) is 6. The van der Waals surface area contributed by atoms with Gasteiger partial charge in [-0.3, -0.25) is 4.79 Å². The lowest BCUT2D eigenvalue weighted by molar-refractivity contribution is -0.120. The molecule has 2 N–H and O–H groups in total. The number of carbonyl (C=O) groups excluding carboxylic acids is 1. The molecule has 0 bridgehead atoms. The van der Waals surface area contributed by atoms with E-state index in [0.29, 0.717) is 19.5 Å². The maximum atomic E-state index is 13.4. The molecule has 2 heterocycles. The van der Waals surface area contributed by atoms with E-state index in [1.54, 1.807) is 23.5 Å². The molecule has 0 unspecified atom stereocenters. The topological polar surface area (TPSA) is 70.9 Å². The number of aromatic nitrogens is 1. The molecular formula is C27H34FN5O2S. The number of halogens is 1. The highest BCUT2D eigenvalue weighted by Gasteiger charge is 2.13. The molecule has 7 nitrogen and oxygen atoms in total. The van der Waals surface area contributed by atoms with Crippen molar-refractivity contribution in [1.29, 1.82) is 0 Å². The summed E-state index contributed by atoms with van der Waals surface area (Å²) >= 11 is 1.58. The predicted molar refractivity (Wildman–Crippen MR) is 143 cm³/mol. The number of ether oxygens (including phenoxy) is 1. The lowest BCUT2D eigenvalue weighted by atomic mass is 10.1. The minimum Gasteiger partial charge on any atom is -0.378 e. The number of morpholine rings is 1. The summed E-state index contributed by atoms with van der Waals surface area (Å²) in [4.78, 5) is 19.6. The Balaban J connectivity index is 1.49. The molecule has 3 aromatic rings. The Bertz CT molecular complexity index is 1170. The maximum absolute atomic E-state index is 13.4. The fraction of sp³-hybridized carbons (Fsp3) is 0.407. The van der Waals surface area contributed by atoms with E-state index < -0.39 is 0 Å². The number of benzene rings is 2. The Morgan fingerprint density at radius 2 is 1.83 bits per heavy atom. The molecule has 1 aromatic heterocycles. The van der Waals surface area contributed by atoms with Gasteiger partial charge >= 0.3 is 0 Å². The largest absolute Gasteiger partial charge is 0.378 e. The van der Waals surface area contributed by atoms with Crippen LogP contribution in [0.25, 0.3) is 11.3 Å². The number of anilines is 1. The van der Waals surface area contributed by atoms with Crippen molar-refractivity contribution in [3.05, 3.63) is 64.5 Å². The maximum Gasteiger partial charge on any atom is 0.221 e. The van der Waals surface area contributed by atoms with Crippen LogP contribution in [-0.4, -0.2) is 56.4 Å². The first-order chi connectivity index (χ1) is 17.6. The summed E-state index contributed by atoms with van der Waals surface area (Å²) in [7, 11) is 0. The van der Waals surface area contributed by atoms with Crippen LogP contribution in [0.2, 0.25) is 0 Å². The number of hydrogen-bond donors (Lipinski definition) is 2. The van der Waals surface area contributed by atoms with E-state index in [9.17, 15) is 9.18 Å². The summed E-state index contributed by atoms with van der Waals surface area (Å²) in [5.74, 6) is -0.201. The Morgan fingerprint density at radius 3 is 2.56 bits per heavy atom. The second-order valence-electron chi connectivity index (χ2n) is 8.60. The van der Waals surface area contributed by atoms with Gasteiger partial charge in [0, 0.05) is 50.2 Å². The Kier molecular flexibility index (Phi) is 9.66. The van der Waals surface area contributed by atoms with Crippen LogP contribution in [-0.2, 0) is 16.1 Å². The molecule has 2 aromatic carbocycles. The van der Waals surface area contributed by atoms with Crippen LogP contribution in [0.5, 0.6) is 0 Å². The average molecular weight is 512 g/mol. The number of carbonyl (C=O) groups is 1. The quantitative estimate of drug-likeness (QED) is 0.383. The molecule has 0 radical (unpaired) electrons. The van der Waals surface area contributed by atoms with E-state index in [1.165, 1.54) is 17.8 Å². The molecule has 4 rings (SSSR count). The minimum atomic E-state index is -0.271. The van der Waals surface area contributed by atoms with Gasteiger partial charge in [0.15, 0.2) is 4.80 Å². The van der Waals surface area contributed by atoms with E-state index in [1.807, 2.05) is 6.92 Å². The second-order valence-corrected chi connectivity index (χ2v) is 9.43. The number of nitrogens with zero attached hydrogens (tertiary/aromatic N) is 3. The molecule has 0 atom stereocenters. The van der Waals surface area contributed by atoms with E-state index in [4.69, 9.17) is 9.73 Å². The summed E-state index contributed by atoms with van der Waals surface area (Å²) in [6, 6.07) is 14.9. The lowest BCUT2D eigenvalue weighted by Gasteiger charge is -2.28. The van der Waals surface area contributed by atoms with Gasteiger partial charge in [0.25, 0.3) is 0 Å². The first kappa shape index (κ1) is 26.1. The number of amides is 1. The average Bonchev–Trinajstić information content (AvgIpc) is 3.30. The van der Waals surface area contributed by atoms with Crippen molar-refractivity contribution in [2.24, 2.45) is 4.99 Å². The van der Waals surface area contributed by atoms with Gasteiger partial charge in [-0.15, -0.1) is 11.3 Å². The third-order valence-electron chi connectivity index (χ3n) is 6.03. The van der Waals surface area contributed by atoms with Crippen molar-refractivity contribution in [1.82, 2.24) is 15.2 Å². The summed E-state index contributed by atoms with van der Waals surface area (Å²) in [6.45, 7) is 8.15. The Morgan fingerprint density at radius 1 is 1.08 bits per heavy atom. The van der Waals surface area contributed by atoms with E-state index in [-0.39, 0.29) is 11.7 Å². The van der Waals surface area contributed by atoms with Crippen LogP contribution in [0, 0.1) is 5.82 Å². The zero-order chi connectivity index (χ0) is 25.2. The van der Waals surface area contributed by atoms with Crippen molar-refractivity contribution in [2.45, 2.75) is 26.3 Å². The predicted octanol–water partition coefficient (Wildman–Crippen LogP) is 3.93. The molecule has 0 aliphatic carbocycles. The Labute approximate surface area is 215 Å². The van der Waals surface area contributed by atoms with Crippen molar-refractivity contribution >= 4 is 28.6 Å². The van der Waals surface area contributed by atoms with Gasteiger partial charge in [-0.2, -0.15) is 0 Å². The third-order valence-corrected chi connectivity index (χ3v) is 6.89. The molecule has 1 aliphatic rings. The molecule has 192 valence electrons. The lowest BCUT2D eigenvalue weighted by Crippen LogP contribution is -2.36. The first-order valence-corrected chi connectivity index (χ1v) is 13.4. The van der Waals surface area contributed by atoms with Gasteiger partial charge < -0.3 is 24.8 Å².